The molecule has 3 rings (SSSR count). The Morgan fingerprint density at radius 1 is 0.969 bits per heavy atom. The van der Waals surface area contributed by atoms with Crippen molar-refractivity contribution in [3.05, 3.63) is 95.5 Å². The van der Waals surface area contributed by atoms with Crippen molar-refractivity contribution in [3.8, 4) is 0 Å². The molecular formula is C24H24ClN3O3S. The Morgan fingerprint density at radius 2 is 1.62 bits per heavy atom. The van der Waals surface area contributed by atoms with Gasteiger partial charge in [-0.05, 0) is 48.0 Å². The lowest BCUT2D eigenvalue weighted by Crippen LogP contribution is -2.31. The third-order valence-electron chi connectivity index (χ3n) is 4.68. The molecule has 3 aromatic carbocycles. The van der Waals surface area contributed by atoms with Crippen LogP contribution in [0.1, 0.15) is 5.56 Å². The van der Waals surface area contributed by atoms with Gasteiger partial charge in [0, 0.05) is 31.9 Å². The number of likely N-dealkylation sites (N-methyl/N-ethyl adjacent to an activating group) is 1. The van der Waals surface area contributed by atoms with Gasteiger partial charge in [0.25, 0.3) is 10.0 Å². The number of rotatable bonds is 9. The molecule has 0 saturated heterocycles. The molecule has 0 radical (unpaired) electrons. The molecule has 0 unspecified atom stereocenters. The van der Waals surface area contributed by atoms with E-state index in [-0.39, 0.29) is 10.8 Å². The maximum atomic E-state index is 12.6. The fourth-order valence-electron chi connectivity index (χ4n) is 2.89. The van der Waals surface area contributed by atoms with E-state index >= 15 is 0 Å². The number of nitrogens with one attached hydrogen (secondary N) is 2. The Morgan fingerprint density at radius 3 is 2.31 bits per heavy atom. The smallest absolute Gasteiger partial charge is 0.261 e. The number of sulfonamides is 1. The second kappa shape index (κ2) is 10.8. The molecule has 2 N–H and O–H groups in total. The van der Waals surface area contributed by atoms with E-state index in [4.69, 9.17) is 11.6 Å². The van der Waals surface area contributed by atoms with Crippen molar-refractivity contribution in [1.82, 2.24) is 5.32 Å². The number of hydrogen-bond donors (Lipinski definition) is 2. The van der Waals surface area contributed by atoms with Crippen molar-refractivity contribution < 1.29 is 13.2 Å². The maximum absolute atomic E-state index is 12.6. The molecule has 0 saturated carbocycles. The quantitative estimate of drug-likeness (QED) is 0.455. The summed E-state index contributed by atoms with van der Waals surface area (Å²) >= 11 is 6.02. The standard InChI is InChI=1S/C24H24ClN3O3S/c1-28(20-7-3-2-4-8-20)18-17-26-24(29)16-13-19-11-14-21(15-12-19)32(30,31)27-23-10-6-5-9-22(23)25/h2-16,27H,17-18H2,1H3,(H,26,29)/b16-13+. The molecule has 0 spiro atoms. The van der Waals surface area contributed by atoms with Gasteiger partial charge in [0.05, 0.1) is 15.6 Å². The normalized spacial score (nSPS) is 11.3. The average molecular weight is 470 g/mol. The molecule has 8 heteroatoms. The molecule has 6 nitrogen and oxygen atoms in total. The molecule has 0 aliphatic rings. The summed E-state index contributed by atoms with van der Waals surface area (Å²) in [4.78, 5) is 14.2. The Bertz CT molecular complexity index is 1180. The van der Waals surface area contributed by atoms with E-state index in [2.05, 4.69) is 14.9 Å². The van der Waals surface area contributed by atoms with Gasteiger partial charge in [-0.3, -0.25) is 9.52 Å². The second-order valence-electron chi connectivity index (χ2n) is 7.04. The van der Waals surface area contributed by atoms with Gasteiger partial charge in [-0.2, -0.15) is 0 Å². The van der Waals surface area contributed by atoms with E-state index in [0.29, 0.717) is 29.4 Å². The summed E-state index contributed by atoms with van der Waals surface area (Å²) in [5.41, 5.74) is 2.10. The predicted molar refractivity (Wildman–Crippen MR) is 130 cm³/mol. The molecule has 1 amide bonds. The highest BCUT2D eigenvalue weighted by atomic mass is 35.5. The van der Waals surface area contributed by atoms with Crippen LogP contribution in [-0.2, 0) is 14.8 Å². The number of nitrogens with zero attached hydrogens (tertiary/aromatic N) is 1. The van der Waals surface area contributed by atoms with Gasteiger partial charge in [-0.25, -0.2) is 8.42 Å². The highest BCUT2D eigenvalue weighted by Gasteiger charge is 2.15. The zero-order chi connectivity index (χ0) is 23.0. The van der Waals surface area contributed by atoms with Crippen LogP contribution in [-0.4, -0.2) is 34.5 Å². The molecule has 3 aromatic rings. The van der Waals surface area contributed by atoms with E-state index in [0.717, 1.165) is 5.69 Å². The van der Waals surface area contributed by atoms with Gasteiger partial charge in [0.1, 0.15) is 0 Å². The number of carbonyl (C=O) groups excluding carboxylic acids is 1. The zero-order valence-corrected chi connectivity index (χ0v) is 19.1. The summed E-state index contributed by atoms with van der Waals surface area (Å²) in [5.74, 6) is -0.219. The molecule has 0 aliphatic carbocycles. The van der Waals surface area contributed by atoms with Gasteiger partial charge in [-0.15, -0.1) is 0 Å². The summed E-state index contributed by atoms with van der Waals surface area (Å²) < 4.78 is 27.6. The number of benzene rings is 3. The van der Waals surface area contributed by atoms with Gasteiger partial charge in [0.2, 0.25) is 5.91 Å². The molecular weight excluding hydrogens is 446 g/mol. The number of anilines is 2. The van der Waals surface area contributed by atoms with Crippen LogP contribution in [0.15, 0.2) is 89.8 Å². The first-order valence-electron chi connectivity index (χ1n) is 9.95. The number of amides is 1. The molecule has 166 valence electrons. The minimum atomic E-state index is -3.77. The van der Waals surface area contributed by atoms with Gasteiger partial charge in [0.15, 0.2) is 0 Å². The lowest BCUT2D eigenvalue weighted by atomic mass is 10.2. The minimum absolute atomic E-state index is 0.1000. The topological polar surface area (TPSA) is 78.5 Å². The van der Waals surface area contributed by atoms with E-state index < -0.39 is 10.0 Å². The Hall–Kier alpha value is -3.29. The summed E-state index contributed by atoms with van der Waals surface area (Å²) in [5, 5.41) is 3.15. The van der Waals surface area contributed by atoms with Crippen molar-refractivity contribution in [2.24, 2.45) is 0 Å². The van der Waals surface area contributed by atoms with Crippen molar-refractivity contribution in [2.45, 2.75) is 4.90 Å². The highest BCUT2D eigenvalue weighted by molar-refractivity contribution is 7.92. The van der Waals surface area contributed by atoms with Crippen LogP contribution < -0.4 is 14.9 Å². The van der Waals surface area contributed by atoms with Crippen molar-refractivity contribution in [2.75, 3.05) is 29.8 Å². The molecule has 0 aliphatic heterocycles. The molecule has 0 atom stereocenters. The largest absolute Gasteiger partial charge is 0.373 e. The van der Waals surface area contributed by atoms with Gasteiger partial charge >= 0.3 is 0 Å². The first kappa shape index (κ1) is 23.4. The average Bonchev–Trinajstić information content (AvgIpc) is 2.80. The molecule has 0 aromatic heterocycles. The van der Waals surface area contributed by atoms with E-state index in [1.165, 1.54) is 18.2 Å². The van der Waals surface area contributed by atoms with Gasteiger partial charge in [-0.1, -0.05) is 54.1 Å². The van der Waals surface area contributed by atoms with Crippen LogP contribution in [0.3, 0.4) is 0 Å². The van der Waals surface area contributed by atoms with Gasteiger partial charge < -0.3 is 10.2 Å². The van der Waals surface area contributed by atoms with Crippen LogP contribution in [0, 0.1) is 0 Å². The second-order valence-corrected chi connectivity index (χ2v) is 9.13. The zero-order valence-electron chi connectivity index (χ0n) is 17.5. The Kier molecular flexibility index (Phi) is 7.92. The SMILES string of the molecule is CN(CCNC(=O)/C=C/c1ccc(S(=O)(=O)Nc2ccccc2Cl)cc1)c1ccccc1. The van der Waals surface area contributed by atoms with Crippen molar-refractivity contribution in [1.29, 1.82) is 0 Å². The molecule has 0 bridgehead atoms. The van der Waals surface area contributed by atoms with Crippen molar-refractivity contribution in [3.63, 3.8) is 0 Å². The van der Waals surface area contributed by atoms with E-state index in [1.54, 1.807) is 42.5 Å². The number of hydrogen-bond acceptors (Lipinski definition) is 4. The molecule has 0 fully saturated rings. The number of carbonyl (C=O) groups is 1. The lowest BCUT2D eigenvalue weighted by Gasteiger charge is -2.19. The maximum Gasteiger partial charge on any atom is 0.261 e. The summed E-state index contributed by atoms with van der Waals surface area (Å²) in [7, 11) is -1.80. The van der Waals surface area contributed by atoms with Crippen molar-refractivity contribution >= 4 is 45.0 Å². The third-order valence-corrected chi connectivity index (χ3v) is 6.39. The van der Waals surface area contributed by atoms with E-state index in [9.17, 15) is 13.2 Å². The molecule has 32 heavy (non-hydrogen) atoms. The molecule has 0 heterocycles. The van der Waals surface area contributed by atoms with Crippen LogP contribution in [0.4, 0.5) is 11.4 Å². The first-order chi connectivity index (χ1) is 15.3. The van der Waals surface area contributed by atoms with Crippen LogP contribution >= 0.6 is 11.6 Å². The van der Waals surface area contributed by atoms with Crippen LogP contribution in [0.2, 0.25) is 5.02 Å². The lowest BCUT2D eigenvalue weighted by molar-refractivity contribution is -0.116. The highest BCUT2D eigenvalue weighted by Crippen LogP contribution is 2.24. The summed E-state index contributed by atoms with van der Waals surface area (Å²) in [6.45, 7) is 1.17. The summed E-state index contributed by atoms with van der Waals surface area (Å²) in [6.07, 6.45) is 3.06. The fraction of sp³-hybridized carbons (Fsp3) is 0.125. The Labute approximate surface area is 193 Å². The fourth-order valence-corrected chi connectivity index (χ4v) is 4.21. The van der Waals surface area contributed by atoms with Crippen LogP contribution in [0.25, 0.3) is 6.08 Å². The minimum Gasteiger partial charge on any atom is -0.373 e. The number of halogens is 1. The third kappa shape index (κ3) is 6.60. The first-order valence-corrected chi connectivity index (χ1v) is 11.8. The monoisotopic (exact) mass is 469 g/mol. The summed E-state index contributed by atoms with van der Waals surface area (Å²) in [6, 6.07) is 22.8. The van der Waals surface area contributed by atoms with Crippen LogP contribution in [0.5, 0.6) is 0 Å². The predicted octanol–water partition coefficient (Wildman–Crippen LogP) is 4.41. The number of para-hydroxylation sites is 2. The van der Waals surface area contributed by atoms with E-state index in [1.807, 2.05) is 37.4 Å². The Balaban J connectivity index is 1.52.